The van der Waals surface area contributed by atoms with E-state index in [2.05, 4.69) is 27.5 Å². The van der Waals surface area contributed by atoms with Crippen LogP contribution in [0.3, 0.4) is 0 Å². The van der Waals surface area contributed by atoms with Crippen LogP contribution in [0.25, 0.3) is 0 Å². The maximum Gasteiger partial charge on any atom is 0.218 e. The van der Waals surface area contributed by atoms with E-state index in [0.717, 1.165) is 30.1 Å². The molecule has 0 saturated heterocycles. The maximum absolute atomic E-state index is 5.72. The van der Waals surface area contributed by atoms with Gasteiger partial charge in [0.2, 0.25) is 5.88 Å². The van der Waals surface area contributed by atoms with Crippen molar-refractivity contribution in [3.63, 3.8) is 0 Å². The molecule has 0 bridgehead atoms. The topological polar surface area (TPSA) is 77.0 Å². The van der Waals surface area contributed by atoms with Gasteiger partial charge in [0, 0.05) is 24.8 Å². The number of hydrogen-bond acceptors (Lipinski definition) is 5. The fourth-order valence-corrected chi connectivity index (χ4v) is 2.56. The molecular weight excluding hydrogens is 483 g/mol. The summed E-state index contributed by atoms with van der Waals surface area (Å²) in [6.45, 7) is 6.62. The number of guanidine groups is 1. The summed E-state index contributed by atoms with van der Waals surface area (Å²) in [6.07, 6.45) is 2.68. The van der Waals surface area contributed by atoms with E-state index >= 15 is 0 Å². The number of pyridine rings is 1. The third-order valence-corrected chi connectivity index (χ3v) is 3.95. The first-order chi connectivity index (χ1) is 13.7. The Morgan fingerprint density at radius 2 is 1.86 bits per heavy atom. The minimum atomic E-state index is 0. The van der Waals surface area contributed by atoms with E-state index in [1.165, 1.54) is 0 Å². The molecule has 1 aromatic carbocycles. The van der Waals surface area contributed by atoms with Crippen LogP contribution in [0.5, 0.6) is 17.4 Å². The van der Waals surface area contributed by atoms with Gasteiger partial charge in [-0.15, -0.1) is 24.0 Å². The summed E-state index contributed by atoms with van der Waals surface area (Å²) < 4.78 is 16.4. The van der Waals surface area contributed by atoms with Gasteiger partial charge in [-0.2, -0.15) is 0 Å². The molecule has 0 fully saturated rings. The number of aliphatic imine (C=N–C) groups is 1. The van der Waals surface area contributed by atoms with Gasteiger partial charge < -0.3 is 24.8 Å². The van der Waals surface area contributed by atoms with Crippen LogP contribution in [-0.4, -0.2) is 38.3 Å². The molecule has 7 nitrogen and oxygen atoms in total. The third-order valence-electron chi connectivity index (χ3n) is 3.95. The van der Waals surface area contributed by atoms with Crippen LogP contribution in [0, 0.1) is 0 Å². The van der Waals surface area contributed by atoms with Gasteiger partial charge >= 0.3 is 0 Å². The Kier molecular flexibility index (Phi) is 11.9. The zero-order chi connectivity index (χ0) is 20.2. The van der Waals surface area contributed by atoms with Crippen molar-refractivity contribution >= 4 is 29.9 Å². The molecule has 8 heteroatoms. The van der Waals surface area contributed by atoms with Gasteiger partial charge in [0.1, 0.15) is 0 Å². The van der Waals surface area contributed by atoms with Gasteiger partial charge in [0.15, 0.2) is 17.5 Å². The van der Waals surface area contributed by atoms with Gasteiger partial charge in [0.25, 0.3) is 0 Å². The normalized spacial score (nSPS) is 10.7. The molecular formula is C21H31IN4O3. The lowest BCUT2D eigenvalue weighted by Gasteiger charge is -2.14. The van der Waals surface area contributed by atoms with Crippen molar-refractivity contribution in [1.29, 1.82) is 0 Å². The monoisotopic (exact) mass is 514 g/mol. The Labute approximate surface area is 190 Å². The highest BCUT2D eigenvalue weighted by Crippen LogP contribution is 2.27. The molecule has 0 atom stereocenters. The number of methoxy groups -OCH3 is 2. The number of halogens is 1. The Balaban J connectivity index is 0.00000420. The molecule has 0 saturated carbocycles. The van der Waals surface area contributed by atoms with Crippen LogP contribution in [0.2, 0.25) is 0 Å². The molecule has 0 aliphatic heterocycles. The van der Waals surface area contributed by atoms with Gasteiger partial charge in [0.05, 0.1) is 27.4 Å². The number of rotatable bonds is 10. The van der Waals surface area contributed by atoms with Crippen molar-refractivity contribution in [1.82, 2.24) is 15.6 Å². The second-order valence-electron chi connectivity index (χ2n) is 6.05. The smallest absolute Gasteiger partial charge is 0.218 e. The first kappa shape index (κ1) is 24.8. The number of ether oxygens (including phenoxy) is 3. The van der Waals surface area contributed by atoms with Crippen LogP contribution >= 0.6 is 24.0 Å². The Morgan fingerprint density at radius 1 is 1.07 bits per heavy atom. The number of benzene rings is 1. The van der Waals surface area contributed by atoms with Crippen LogP contribution in [0.1, 0.15) is 31.4 Å². The van der Waals surface area contributed by atoms with Crippen molar-refractivity contribution in [3.05, 3.63) is 47.7 Å². The van der Waals surface area contributed by atoms with Crippen molar-refractivity contribution in [2.24, 2.45) is 4.99 Å². The minimum absolute atomic E-state index is 0. The number of nitrogens with one attached hydrogen (secondary N) is 2. The van der Waals surface area contributed by atoms with Crippen LogP contribution in [-0.2, 0) is 13.1 Å². The predicted molar refractivity (Wildman–Crippen MR) is 127 cm³/mol. The van der Waals surface area contributed by atoms with Crippen molar-refractivity contribution in [3.8, 4) is 17.4 Å². The average Bonchev–Trinajstić information content (AvgIpc) is 2.74. The highest BCUT2D eigenvalue weighted by atomic mass is 127. The zero-order valence-electron chi connectivity index (χ0n) is 17.5. The molecule has 160 valence electrons. The highest BCUT2D eigenvalue weighted by molar-refractivity contribution is 14.0. The Bertz CT molecular complexity index is 771. The molecule has 2 N–H and O–H groups in total. The molecule has 0 radical (unpaired) electrons. The molecule has 0 unspecified atom stereocenters. The minimum Gasteiger partial charge on any atom is -0.493 e. The van der Waals surface area contributed by atoms with Crippen molar-refractivity contribution < 1.29 is 14.2 Å². The molecule has 0 aliphatic carbocycles. The first-order valence-corrected chi connectivity index (χ1v) is 9.51. The van der Waals surface area contributed by atoms with E-state index in [-0.39, 0.29) is 24.0 Å². The number of aromatic nitrogens is 1. The maximum atomic E-state index is 5.72. The molecule has 2 rings (SSSR count). The van der Waals surface area contributed by atoms with E-state index < -0.39 is 0 Å². The second kappa shape index (κ2) is 13.9. The Morgan fingerprint density at radius 3 is 2.55 bits per heavy atom. The molecule has 1 aromatic heterocycles. The summed E-state index contributed by atoms with van der Waals surface area (Å²) in [5.74, 6) is 2.79. The lowest BCUT2D eigenvalue weighted by Crippen LogP contribution is -2.36. The van der Waals surface area contributed by atoms with Gasteiger partial charge in [-0.25, -0.2) is 9.98 Å². The van der Waals surface area contributed by atoms with E-state index in [4.69, 9.17) is 14.2 Å². The Hall–Kier alpha value is -2.23. The largest absolute Gasteiger partial charge is 0.493 e. The second-order valence-corrected chi connectivity index (χ2v) is 6.05. The molecule has 1 heterocycles. The molecule has 0 amide bonds. The lowest BCUT2D eigenvalue weighted by atomic mass is 10.2. The van der Waals surface area contributed by atoms with Gasteiger partial charge in [-0.3, -0.25) is 0 Å². The average molecular weight is 514 g/mol. The third kappa shape index (κ3) is 7.96. The standard InChI is InChI=1S/C21H30N4O3.HI/c1-5-12-28-20-17(8-7-11-23-20)15-25-21(22-6-2)24-14-16-9-10-18(26-3)19(13-16)27-4;/h7-11,13H,5-6,12,14-15H2,1-4H3,(H2,22,24,25);1H. The summed E-state index contributed by atoms with van der Waals surface area (Å²) >= 11 is 0. The first-order valence-electron chi connectivity index (χ1n) is 9.51. The quantitative estimate of drug-likeness (QED) is 0.286. The fraction of sp³-hybridized carbons (Fsp3) is 0.429. The highest BCUT2D eigenvalue weighted by Gasteiger charge is 2.07. The molecule has 29 heavy (non-hydrogen) atoms. The predicted octanol–water partition coefficient (Wildman–Crippen LogP) is 3.76. The van der Waals surface area contributed by atoms with Crippen molar-refractivity contribution in [2.75, 3.05) is 27.4 Å². The van der Waals surface area contributed by atoms with E-state index in [9.17, 15) is 0 Å². The van der Waals surface area contributed by atoms with Gasteiger partial charge in [-0.1, -0.05) is 19.1 Å². The zero-order valence-corrected chi connectivity index (χ0v) is 19.9. The summed E-state index contributed by atoms with van der Waals surface area (Å²) in [5, 5.41) is 6.60. The van der Waals surface area contributed by atoms with Gasteiger partial charge in [-0.05, 0) is 37.1 Å². The summed E-state index contributed by atoms with van der Waals surface area (Å²) in [6, 6.07) is 9.71. The summed E-state index contributed by atoms with van der Waals surface area (Å²) in [7, 11) is 3.25. The van der Waals surface area contributed by atoms with E-state index in [0.29, 0.717) is 37.1 Å². The van der Waals surface area contributed by atoms with Crippen LogP contribution in [0.4, 0.5) is 0 Å². The van der Waals surface area contributed by atoms with E-state index in [1.54, 1.807) is 20.4 Å². The van der Waals surface area contributed by atoms with E-state index in [1.807, 2.05) is 37.3 Å². The molecule has 2 aromatic rings. The lowest BCUT2D eigenvalue weighted by molar-refractivity contribution is 0.301. The molecule has 0 spiro atoms. The van der Waals surface area contributed by atoms with Crippen LogP contribution in [0.15, 0.2) is 41.5 Å². The summed E-state index contributed by atoms with van der Waals surface area (Å²) in [5.41, 5.74) is 2.02. The fourth-order valence-electron chi connectivity index (χ4n) is 2.56. The number of hydrogen-bond donors (Lipinski definition) is 2. The SMILES string of the molecule is CCCOc1ncccc1CNC(=NCc1ccc(OC)c(OC)c1)NCC.I. The van der Waals surface area contributed by atoms with Crippen molar-refractivity contribution in [2.45, 2.75) is 33.4 Å². The summed E-state index contributed by atoms with van der Waals surface area (Å²) in [4.78, 5) is 8.98. The number of nitrogens with zero attached hydrogens (tertiary/aromatic N) is 2. The molecule has 0 aliphatic rings. The van der Waals surface area contributed by atoms with Crippen LogP contribution < -0.4 is 24.8 Å².